The summed E-state index contributed by atoms with van der Waals surface area (Å²) in [6.45, 7) is 1.73. The normalized spacial score (nSPS) is 16.8. The van der Waals surface area contributed by atoms with Crippen molar-refractivity contribution in [2.75, 3.05) is 12.9 Å². The Hall–Kier alpha value is -2.25. The van der Waals surface area contributed by atoms with Gasteiger partial charge in [0.25, 0.3) is 5.91 Å². The first-order valence-electron chi connectivity index (χ1n) is 4.92. The molecule has 0 fully saturated rings. The zero-order valence-corrected chi connectivity index (χ0v) is 10.6. The van der Waals surface area contributed by atoms with Gasteiger partial charge in [0.15, 0.2) is 5.57 Å². The fourth-order valence-electron chi connectivity index (χ4n) is 1.35. The van der Waals surface area contributed by atoms with E-state index in [9.17, 15) is 9.59 Å². The Morgan fingerprint density at radius 2 is 2.17 bits per heavy atom. The van der Waals surface area contributed by atoms with Crippen LogP contribution in [-0.4, -0.2) is 24.7 Å². The van der Waals surface area contributed by atoms with Crippen LogP contribution in [-0.2, 0) is 14.3 Å². The minimum absolute atomic E-state index is 0.0463. The van der Waals surface area contributed by atoms with Crippen LogP contribution in [0.3, 0.4) is 0 Å². The number of nitriles is 2. The van der Waals surface area contributed by atoms with Gasteiger partial charge in [-0.15, -0.1) is 11.8 Å². The van der Waals surface area contributed by atoms with Crippen LogP contribution in [0.4, 0.5) is 0 Å². The summed E-state index contributed by atoms with van der Waals surface area (Å²) >= 11 is 1.11. The summed E-state index contributed by atoms with van der Waals surface area (Å²) in [4.78, 5) is 23.3. The molecule has 0 saturated carbocycles. The van der Waals surface area contributed by atoms with Gasteiger partial charge in [-0.05, 0) is 13.2 Å². The first-order valence-corrected chi connectivity index (χ1v) is 6.14. The molecule has 18 heavy (non-hydrogen) atoms. The van der Waals surface area contributed by atoms with E-state index in [0.717, 1.165) is 11.8 Å². The third-order valence-electron chi connectivity index (χ3n) is 2.08. The first kappa shape index (κ1) is 13.8. The van der Waals surface area contributed by atoms with Crippen molar-refractivity contribution in [3.8, 4) is 12.1 Å². The molecule has 0 aromatic rings. The summed E-state index contributed by atoms with van der Waals surface area (Å²) in [6.07, 6.45) is 1.65. The van der Waals surface area contributed by atoms with Crippen LogP contribution in [0.2, 0.25) is 0 Å². The van der Waals surface area contributed by atoms with Crippen molar-refractivity contribution in [3.05, 3.63) is 21.7 Å². The van der Waals surface area contributed by atoms with Crippen molar-refractivity contribution in [1.82, 2.24) is 5.32 Å². The zero-order valence-electron chi connectivity index (χ0n) is 9.73. The summed E-state index contributed by atoms with van der Waals surface area (Å²) in [7, 11) is 0. The average Bonchev–Trinajstić information content (AvgIpc) is 2.66. The van der Waals surface area contributed by atoms with Gasteiger partial charge in [-0.2, -0.15) is 10.5 Å². The van der Waals surface area contributed by atoms with Gasteiger partial charge in [-0.25, -0.2) is 4.79 Å². The van der Waals surface area contributed by atoms with Gasteiger partial charge < -0.3 is 10.1 Å². The molecule has 0 radical (unpaired) electrons. The van der Waals surface area contributed by atoms with Crippen LogP contribution in [0.5, 0.6) is 0 Å². The van der Waals surface area contributed by atoms with Gasteiger partial charge >= 0.3 is 5.97 Å². The van der Waals surface area contributed by atoms with Crippen LogP contribution in [0.25, 0.3) is 0 Å². The smallest absolute Gasteiger partial charge is 0.351 e. The second-order valence-electron chi connectivity index (χ2n) is 3.06. The van der Waals surface area contributed by atoms with Crippen LogP contribution in [0, 0.1) is 22.7 Å². The number of thioether (sulfide) groups is 1. The number of carbonyl (C=O) groups excluding carboxylic acids is 2. The SMILES string of the molecule is CCOC(=O)/C(C#N)=C1\NC(=O)C(C#N)=C1SC. The van der Waals surface area contributed by atoms with Crippen LogP contribution in [0.1, 0.15) is 6.92 Å². The minimum Gasteiger partial charge on any atom is -0.462 e. The molecule has 0 atom stereocenters. The van der Waals surface area contributed by atoms with Gasteiger partial charge in [-0.1, -0.05) is 0 Å². The highest BCUT2D eigenvalue weighted by atomic mass is 32.2. The fraction of sp³-hybridized carbons (Fsp3) is 0.273. The van der Waals surface area contributed by atoms with Gasteiger partial charge in [0, 0.05) is 0 Å². The van der Waals surface area contributed by atoms with Gasteiger partial charge in [-0.3, -0.25) is 4.79 Å². The fourth-order valence-corrected chi connectivity index (χ4v) is 2.05. The number of nitrogens with zero attached hydrogens (tertiary/aromatic N) is 2. The van der Waals surface area contributed by atoms with Crippen LogP contribution >= 0.6 is 11.8 Å². The van der Waals surface area contributed by atoms with Crippen molar-refractivity contribution in [2.24, 2.45) is 0 Å². The third kappa shape index (κ3) is 2.36. The van der Waals surface area contributed by atoms with E-state index in [0.29, 0.717) is 0 Å². The second-order valence-corrected chi connectivity index (χ2v) is 3.87. The van der Waals surface area contributed by atoms with Crippen LogP contribution < -0.4 is 5.32 Å². The number of hydrogen-bond donors (Lipinski definition) is 1. The lowest BCUT2D eigenvalue weighted by atomic mass is 10.2. The maximum atomic E-state index is 11.6. The number of hydrogen-bond acceptors (Lipinski definition) is 6. The molecule has 0 aliphatic carbocycles. The highest BCUT2D eigenvalue weighted by Gasteiger charge is 2.31. The van der Waals surface area contributed by atoms with Crippen molar-refractivity contribution in [3.63, 3.8) is 0 Å². The minimum atomic E-state index is -0.818. The molecule has 0 spiro atoms. The lowest BCUT2D eigenvalue weighted by Gasteiger charge is -2.05. The monoisotopic (exact) mass is 263 g/mol. The molecular formula is C11H9N3O3S. The molecule has 1 amide bonds. The number of amides is 1. The molecule has 1 aliphatic rings. The summed E-state index contributed by atoms with van der Waals surface area (Å²) in [6, 6.07) is 3.44. The Balaban J connectivity index is 3.36. The molecule has 1 aliphatic heterocycles. The lowest BCUT2D eigenvalue weighted by molar-refractivity contribution is -0.138. The Kier molecular flexibility index (Phi) is 4.52. The van der Waals surface area contributed by atoms with Crippen LogP contribution in [0.15, 0.2) is 21.7 Å². The number of rotatable bonds is 3. The van der Waals surface area contributed by atoms with Crippen molar-refractivity contribution in [1.29, 1.82) is 10.5 Å². The van der Waals surface area contributed by atoms with E-state index in [1.54, 1.807) is 25.3 Å². The first-order chi connectivity index (χ1) is 8.60. The third-order valence-corrected chi connectivity index (χ3v) is 2.89. The molecule has 1 N–H and O–H groups in total. The second kappa shape index (κ2) is 5.89. The largest absolute Gasteiger partial charge is 0.462 e. The Morgan fingerprint density at radius 1 is 1.50 bits per heavy atom. The molecule has 1 heterocycles. The Labute approximate surface area is 108 Å². The van der Waals surface area contributed by atoms with Gasteiger partial charge in [0.2, 0.25) is 0 Å². The van der Waals surface area contributed by atoms with Crippen molar-refractivity contribution < 1.29 is 14.3 Å². The molecule has 1 rings (SSSR count). The molecular weight excluding hydrogens is 254 g/mol. The molecule has 0 unspecified atom stereocenters. The maximum absolute atomic E-state index is 11.6. The molecule has 0 bridgehead atoms. The standard InChI is InChI=1S/C11H9N3O3S/c1-3-17-11(16)6(4-12)8-9(18-2)7(5-13)10(15)14-8/h3H2,1-2H3,(H,14,15)/b8-6-. The zero-order chi connectivity index (χ0) is 13.7. The molecule has 0 aromatic heterocycles. The number of nitrogens with one attached hydrogen (secondary N) is 1. The van der Waals surface area contributed by atoms with Crippen molar-refractivity contribution >= 4 is 23.6 Å². The summed E-state index contributed by atoms with van der Waals surface area (Å²) < 4.78 is 4.72. The Morgan fingerprint density at radius 3 is 2.61 bits per heavy atom. The molecule has 0 saturated heterocycles. The summed E-state index contributed by atoms with van der Waals surface area (Å²) in [5.41, 5.74) is -0.362. The number of carbonyl (C=O) groups is 2. The highest BCUT2D eigenvalue weighted by Crippen LogP contribution is 2.31. The maximum Gasteiger partial charge on any atom is 0.351 e. The van der Waals surface area contributed by atoms with E-state index in [2.05, 4.69) is 5.32 Å². The van der Waals surface area contributed by atoms with E-state index in [-0.39, 0.29) is 28.4 Å². The van der Waals surface area contributed by atoms with Gasteiger partial charge in [0.05, 0.1) is 17.2 Å². The summed E-state index contributed by atoms with van der Waals surface area (Å²) in [5, 5.41) is 20.2. The topological polar surface area (TPSA) is 103 Å². The quantitative estimate of drug-likeness (QED) is 0.454. The van der Waals surface area contributed by atoms with E-state index in [4.69, 9.17) is 15.3 Å². The Bertz CT molecular complexity index is 549. The summed E-state index contributed by atoms with van der Waals surface area (Å²) in [5.74, 6) is -1.44. The molecule has 6 nitrogen and oxygen atoms in total. The van der Waals surface area contributed by atoms with E-state index in [1.165, 1.54) is 0 Å². The molecule has 0 aromatic carbocycles. The number of ether oxygens (including phenoxy) is 1. The van der Waals surface area contributed by atoms with E-state index in [1.807, 2.05) is 0 Å². The predicted octanol–water partition coefficient (Wildman–Crippen LogP) is 0.598. The highest BCUT2D eigenvalue weighted by molar-refractivity contribution is 8.02. The number of esters is 1. The lowest BCUT2D eigenvalue weighted by Crippen LogP contribution is -2.20. The van der Waals surface area contributed by atoms with E-state index >= 15 is 0 Å². The molecule has 92 valence electrons. The van der Waals surface area contributed by atoms with Gasteiger partial charge in [0.1, 0.15) is 17.7 Å². The van der Waals surface area contributed by atoms with E-state index < -0.39 is 11.9 Å². The average molecular weight is 263 g/mol. The predicted molar refractivity (Wildman–Crippen MR) is 63.6 cm³/mol. The molecule has 7 heteroatoms. The van der Waals surface area contributed by atoms with Crippen molar-refractivity contribution in [2.45, 2.75) is 6.92 Å².